The van der Waals surface area contributed by atoms with Crippen LogP contribution in [0.1, 0.15) is 41.9 Å². The first-order valence-electron chi connectivity index (χ1n) is 13.3. The van der Waals surface area contributed by atoms with E-state index in [9.17, 15) is 27.9 Å². The molecule has 218 valence electrons. The van der Waals surface area contributed by atoms with E-state index in [0.29, 0.717) is 62.6 Å². The maximum absolute atomic E-state index is 13.0. The van der Waals surface area contributed by atoms with Gasteiger partial charge in [-0.1, -0.05) is 6.07 Å². The summed E-state index contributed by atoms with van der Waals surface area (Å²) in [6, 6.07) is 6.16. The van der Waals surface area contributed by atoms with Gasteiger partial charge in [-0.05, 0) is 61.9 Å². The molecule has 1 aliphatic carbocycles. The second kappa shape index (κ2) is 11.6. The molecule has 2 aliphatic rings. The van der Waals surface area contributed by atoms with Gasteiger partial charge in [-0.15, -0.1) is 11.3 Å². The number of carbonyl (C=O) groups is 2. The highest BCUT2D eigenvalue weighted by Gasteiger charge is 2.39. The van der Waals surface area contributed by atoms with Crippen molar-refractivity contribution in [1.29, 1.82) is 0 Å². The second-order valence-corrected chi connectivity index (χ2v) is 11.4. The maximum Gasteiger partial charge on any atom is 0.433 e. The van der Waals surface area contributed by atoms with Gasteiger partial charge in [-0.3, -0.25) is 4.79 Å². The largest absolute Gasteiger partial charge is 0.433 e. The Labute approximate surface area is 238 Å². The minimum absolute atomic E-state index is 0.0731. The van der Waals surface area contributed by atoms with Crippen LogP contribution in [0.15, 0.2) is 36.7 Å². The molecule has 1 aromatic carbocycles. The highest BCUT2D eigenvalue weighted by molar-refractivity contribution is 7.15. The van der Waals surface area contributed by atoms with Crippen molar-refractivity contribution in [3.8, 4) is 10.4 Å². The van der Waals surface area contributed by atoms with E-state index in [0.717, 1.165) is 28.3 Å². The van der Waals surface area contributed by atoms with Gasteiger partial charge in [0.1, 0.15) is 16.3 Å². The van der Waals surface area contributed by atoms with E-state index in [-0.39, 0.29) is 23.8 Å². The summed E-state index contributed by atoms with van der Waals surface area (Å²) in [4.78, 5) is 38.7. The number of aliphatic hydroxyl groups is 1. The van der Waals surface area contributed by atoms with Crippen LogP contribution in [0.4, 0.5) is 29.6 Å². The van der Waals surface area contributed by atoms with Gasteiger partial charge in [0.15, 0.2) is 0 Å². The number of hydrogen-bond donors (Lipinski definition) is 4. The minimum Gasteiger partial charge on any atom is -0.383 e. The van der Waals surface area contributed by atoms with Crippen molar-refractivity contribution in [2.45, 2.75) is 44.4 Å². The molecule has 0 bridgehead atoms. The molecule has 0 unspecified atom stereocenters. The number of nitrogens with zero attached hydrogens (tertiary/aromatic N) is 4. The van der Waals surface area contributed by atoms with E-state index in [1.54, 1.807) is 23.2 Å². The molecule has 3 heterocycles. The van der Waals surface area contributed by atoms with Crippen molar-refractivity contribution >= 4 is 34.9 Å². The number of carbonyl (C=O) groups excluding carboxylic acids is 2. The summed E-state index contributed by atoms with van der Waals surface area (Å²) in [7, 11) is 0. The Morgan fingerprint density at radius 3 is 2.73 bits per heavy atom. The number of aromatic nitrogens is 3. The summed E-state index contributed by atoms with van der Waals surface area (Å²) in [5, 5.41) is 20.4. The Kier molecular flexibility index (Phi) is 8.13. The molecular formula is C27H30F3N7O3S. The van der Waals surface area contributed by atoms with Crippen LogP contribution in [0.2, 0.25) is 0 Å². The number of thiazole rings is 1. The number of benzene rings is 1. The van der Waals surface area contributed by atoms with Crippen LogP contribution in [0.3, 0.4) is 0 Å². The third-order valence-electron chi connectivity index (χ3n) is 7.28. The molecule has 0 radical (unpaired) electrons. The fraction of sp³-hybridized carbons (Fsp3) is 0.444. The summed E-state index contributed by atoms with van der Waals surface area (Å²) < 4.78 is 39.1. The average molecular weight is 590 g/mol. The third-order valence-corrected chi connectivity index (χ3v) is 8.52. The third kappa shape index (κ3) is 6.76. The number of hydrogen-bond acceptors (Lipinski definition) is 8. The van der Waals surface area contributed by atoms with Crippen molar-refractivity contribution < 1.29 is 27.9 Å². The average Bonchev–Trinajstić information content (AvgIpc) is 3.58. The molecule has 3 aromatic rings. The molecule has 4 N–H and O–H groups in total. The van der Waals surface area contributed by atoms with Crippen molar-refractivity contribution in [2.24, 2.45) is 5.92 Å². The van der Waals surface area contributed by atoms with Gasteiger partial charge in [0.2, 0.25) is 11.9 Å². The molecule has 1 aliphatic heterocycles. The van der Waals surface area contributed by atoms with Gasteiger partial charge < -0.3 is 26.0 Å². The number of urea groups is 1. The predicted octanol–water partition coefficient (Wildman–Crippen LogP) is 4.19. The SMILES string of the molecule is Cc1cc(Nc2nccc(C(F)(F)F)n2)cc(-c2cnc([C@]3(O)CC[C@@H](C(=O)NCCN4CCNC4=O)CC3)s2)c1. The summed E-state index contributed by atoms with van der Waals surface area (Å²) in [5.74, 6) is -0.459. The van der Waals surface area contributed by atoms with Gasteiger partial charge in [0.05, 0.1) is 4.88 Å². The zero-order valence-corrected chi connectivity index (χ0v) is 23.1. The first kappa shape index (κ1) is 28.7. The zero-order valence-electron chi connectivity index (χ0n) is 22.3. The number of aryl methyl sites for hydroxylation is 1. The molecule has 41 heavy (non-hydrogen) atoms. The van der Waals surface area contributed by atoms with Gasteiger partial charge in [0.25, 0.3) is 0 Å². The molecule has 10 nitrogen and oxygen atoms in total. The van der Waals surface area contributed by atoms with Crippen LogP contribution in [-0.2, 0) is 16.6 Å². The molecule has 1 saturated carbocycles. The smallest absolute Gasteiger partial charge is 0.383 e. The molecule has 3 amide bonds. The molecule has 2 fully saturated rings. The number of rotatable bonds is 8. The molecule has 0 spiro atoms. The lowest BCUT2D eigenvalue weighted by atomic mass is 9.78. The van der Waals surface area contributed by atoms with Crippen LogP contribution in [0.5, 0.6) is 0 Å². The van der Waals surface area contributed by atoms with Crippen molar-refractivity contribution in [3.63, 3.8) is 0 Å². The summed E-state index contributed by atoms with van der Waals surface area (Å²) in [5.41, 5.74) is -0.0186. The quantitative estimate of drug-likeness (QED) is 0.310. The Bertz CT molecular complexity index is 1420. The van der Waals surface area contributed by atoms with Crippen LogP contribution in [-0.4, -0.2) is 63.1 Å². The van der Waals surface area contributed by atoms with Crippen molar-refractivity contribution in [2.75, 3.05) is 31.5 Å². The molecule has 5 rings (SSSR count). The summed E-state index contributed by atoms with van der Waals surface area (Å²) >= 11 is 1.35. The molecular weight excluding hydrogens is 559 g/mol. The van der Waals surface area contributed by atoms with E-state index in [1.807, 2.05) is 13.0 Å². The van der Waals surface area contributed by atoms with E-state index >= 15 is 0 Å². The van der Waals surface area contributed by atoms with Crippen LogP contribution < -0.4 is 16.0 Å². The van der Waals surface area contributed by atoms with Gasteiger partial charge in [0, 0.05) is 50.2 Å². The normalized spacial score (nSPS) is 21.0. The van der Waals surface area contributed by atoms with Gasteiger partial charge in [-0.2, -0.15) is 13.2 Å². The maximum atomic E-state index is 13.0. The topological polar surface area (TPSA) is 132 Å². The summed E-state index contributed by atoms with van der Waals surface area (Å²) in [6.07, 6.45) is -0.0528. The molecule has 1 saturated heterocycles. The lowest BCUT2D eigenvalue weighted by Gasteiger charge is -2.34. The monoisotopic (exact) mass is 589 g/mol. The fourth-order valence-electron chi connectivity index (χ4n) is 5.08. The minimum atomic E-state index is -4.58. The number of anilines is 2. The zero-order chi connectivity index (χ0) is 29.2. The van der Waals surface area contributed by atoms with Crippen molar-refractivity contribution in [3.05, 3.63) is 52.9 Å². The molecule has 0 atom stereocenters. The van der Waals surface area contributed by atoms with Gasteiger partial charge in [-0.25, -0.2) is 19.7 Å². The standard InChI is InChI=1S/C27H30F3N7O3S/c1-16-12-18(14-19(13-16)35-24-32-7-4-21(36-24)27(28,29)30)20-15-34-23(41-20)26(40)5-2-17(3-6-26)22(38)31-8-10-37-11-9-33-25(37)39/h4,7,12-15,17,40H,2-3,5-6,8-11H2,1H3,(H,31,38)(H,33,39)(H,32,35,36)/t17-,26+. The Balaban J connectivity index is 1.20. The fourth-order valence-corrected chi connectivity index (χ4v) is 6.13. The lowest BCUT2D eigenvalue weighted by Crippen LogP contribution is -2.41. The highest BCUT2D eigenvalue weighted by atomic mass is 32.1. The molecule has 2 aromatic heterocycles. The number of nitrogens with one attached hydrogen (secondary N) is 3. The van der Waals surface area contributed by atoms with Gasteiger partial charge >= 0.3 is 12.2 Å². The number of alkyl halides is 3. The van der Waals surface area contributed by atoms with E-state index in [4.69, 9.17) is 0 Å². The first-order valence-corrected chi connectivity index (χ1v) is 14.1. The van der Waals surface area contributed by atoms with Crippen LogP contribution in [0.25, 0.3) is 10.4 Å². The van der Waals surface area contributed by atoms with Crippen LogP contribution in [0, 0.1) is 12.8 Å². The highest BCUT2D eigenvalue weighted by Crippen LogP contribution is 2.43. The summed E-state index contributed by atoms with van der Waals surface area (Å²) in [6.45, 7) is 3.95. The first-order chi connectivity index (χ1) is 19.5. The predicted molar refractivity (Wildman–Crippen MR) is 146 cm³/mol. The molecule has 14 heteroatoms. The van der Waals surface area contributed by atoms with E-state index in [2.05, 4.69) is 30.9 Å². The van der Waals surface area contributed by atoms with E-state index < -0.39 is 17.5 Å². The Hall–Kier alpha value is -3.78. The Morgan fingerprint density at radius 1 is 1.24 bits per heavy atom. The lowest BCUT2D eigenvalue weighted by molar-refractivity contribution is -0.141. The Morgan fingerprint density at radius 2 is 2.02 bits per heavy atom. The van der Waals surface area contributed by atoms with E-state index in [1.165, 1.54) is 11.3 Å². The number of amides is 3. The van der Waals surface area contributed by atoms with Crippen molar-refractivity contribution in [1.82, 2.24) is 30.5 Å². The number of halogens is 3. The second-order valence-electron chi connectivity index (χ2n) is 10.3. The van der Waals surface area contributed by atoms with Crippen LogP contribution >= 0.6 is 11.3 Å².